The lowest BCUT2D eigenvalue weighted by Crippen LogP contribution is -2.15. The van der Waals surface area contributed by atoms with E-state index >= 15 is 0 Å². The molecule has 5 nitrogen and oxygen atoms in total. The van der Waals surface area contributed by atoms with E-state index in [4.69, 9.17) is 13.9 Å². The highest BCUT2D eigenvalue weighted by molar-refractivity contribution is 6.00. The Labute approximate surface area is 163 Å². The van der Waals surface area contributed by atoms with Gasteiger partial charge in [0.1, 0.15) is 5.58 Å². The molecule has 2 aromatic carbocycles. The number of furan rings is 1. The molecule has 0 fully saturated rings. The lowest BCUT2D eigenvalue weighted by Gasteiger charge is -2.06. The van der Waals surface area contributed by atoms with E-state index in [1.165, 1.54) is 11.1 Å². The number of esters is 1. The summed E-state index contributed by atoms with van der Waals surface area (Å²) in [5.41, 5.74) is 4.33. The lowest BCUT2D eigenvalue weighted by molar-refractivity contribution is 0.0439. The molecule has 0 unspecified atom stereocenters. The number of carbonyl (C=O) groups excluding carboxylic acids is 2. The molecule has 0 atom stereocenters. The average Bonchev–Trinajstić information content (AvgIpc) is 3.34. The topological polar surface area (TPSA) is 65.7 Å². The van der Waals surface area contributed by atoms with Crippen LogP contribution in [0.15, 0.2) is 46.9 Å². The second-order valence-electron chi connectivity index (χ2n) is 6.88. The Morgan fingerprint density at radius 2 is 1.89 bits per heavy atom. The first kappa shape index (κ1) is 18.4. The van der Waals surface area contributed by atoms with Gasteiger partial charge in [0, 0.05) is 23.1 Å². The number of para-hydroxylation sites is 1. The SMILES string of the molecule is CCOCc1c(C(=O)OCC(=O)c2ccc3c(c2)CCC3)oc2ccccc12. The summed E-state index contributed by atoms with van der Waals surface area (Å²) in [5.74, 6) is -0.776. The summed E-state index contributed by atoms with van der Waals surface area (Å²) in [6.07, 6.45) is 3.18. The van der Waals surface area contributed by atoms with Crippen LogP contribution in [0.3, 0.4) is 0 Å². The number of carbonyl (C=O) groups is 2. The molecule has 0 spiro atoms. The molecule has 1 aromatic heterocycles. The molecule has 1 aliphatic rings. The van der Waals surface area contributed by atoms with Crippen LogP contribution in [0.4, 0.5) is 0 Å². The molecule has 28 heavy (non-hydrogen) atoms. The maximum Gasteiger partial charge on any atom is 0.375 e. The second-order valence-corrected chi connectivity index (χ2v) is 6.88. The van der Waals surface area contributed by atoms with Crippen LogP contribution >= 0.6 is 0 Å². The molecule has 0 bridgehead atoms. The number of hydrogen-bond donors (Lipinski definition) is 0. The highest BCUT2D eigenvalue weighted by Gasteiger charge is 2.23. The maximum atomic E-state index is 12.6. The molecular formula is C23H22O5. The summed E-state index contributed by atoms with van der Waals surface area (Å²) in [5, 5.41) is 0.813. The van der Waals surface area contributed by atoms with Gasteiger partial charge in [0.15, 0.2) is 12.4 Å². The Bertz CT molecular complexity index is 1030. The van der Waals surface area contributed by atoms with Crippen LogP contribution in [0.2, 0.25) is 0 Å². The highest BCUT2D eigenvalue weighted by atomic mass is 16.5. The van der Waals surface area contributed by atoms with Gasteiger partial charge in [-0.1, -0.05) is 30.3 Å². The molecule has 3 aromatic rings. The summed E-state index contributed by atoms with van der Waals surface area (Å²) in [4.78, 5) is 25.1. The molecule has 4 rings (SSSR count). The van der Waals surface area contributed by atoms with Crippen molar-refractivity contribution in [2.24, 2.45) is 0 Å². The average molecular weight is 378 g/mol. The standard InChI is InChI=1S/C23H22O5/c1-2-26-13-19-18-8-3-4-9-21(18)28-22(19)23(25)27-14-20(24)17-11-10-15-6-5-7-16(15)12-17/h3-4,8-12H,2,5-7,13-14H2,1H3. The van der Waals surface area contributed by atoms with Crippen LogP contribution in [0, 0.1) is 0 Å². The maximum absolute atomic E-state index is 12.6. The van der Waals surface area contributed by atoms with Crippen molar-refractivity contribution < 1.29 is 23.5 Å². The molecule has 0 aliphatic heterocycles. The molecule has 1 heterocycles. The summed E-state index contributed by atoms with van der Waals surface area (Å²) >= 11 is 0. The second kappa shape index (κ2) is 7.98. The number of ether oxygens (including phenoxy) is 2. The van der Waals surface area contributed by atoms with Gasteiger partial charge in [0.2, 0.25) is 5.76 Å². The van der Waals surface area contributed by atoms with Gasteiger partial charge in [-0.3, -0.25) is 4.79 Å². The van der Waals surface area contributed by atoms with Crippen molar-refractivity contribution in [2.45, 2.75) is 32.8 Å². The third-order valence-corrected chi connectivity index (χ3v) is 5.09. The van der Waals surface area contributed by atoms with Crippen molar-refractivity contribution in [2.75, 3.05) is 13.2 Å². The normalized spacial score (nSPS) is 12.9. The molecule has 0 saturated carbocycles. The van der Waals surface area contributed by atoms with E-state index in [0.29, 0.717) is 23.3 Å². The molecule has 144 valence electrons. The smallest absolute Gasteiger partial charge is 0.375 e. The van der Waals surface area contributed by atoms with E-state index < -0.39 is 5.97 Å². The summed E-state index contributed by atoms with van der Waals surface area (Å²) in [7, 11) is 0. The van der Waals surface area contributed by atoms with Crippen LogP contribution in [0.1, 0.15) is 50.9 Å². The van der Waals surface area contributed by atoms with Gasteiger partial charge in [-0.2, -0.15) is 0 Å². The summed E-state index contributed by atoms with van der Waals surface area (Å²) in [6.45, 7) is 2.33. The van der Waals surface area contributed by atoms with Crippen molar-refractivity contribution in [3.8, 4) is 0 Å². The first-order valence-electron chi connectivity index (χ1n) is 9.57. The first-order chi connectivity index (χ1) is 13.7. The highest BCUT2D eigenvalue weighted by Crippen LogP contribution is 2.27. The fraction of sp³-hybridized carbons (Fsp3) is 0.304. The van der Waals surface area contributed by atoms with Gasteiger partial charge in [-0.25, -0.2) is 4.79 Å². The fourth-order valence-electron chi connectivity index (χ4n) is 3.64. The van der Waals surface area contributed by atoms with E-state index in [9.17, 15) is 9.59 Å². The largest absolute Gasteiger partial charge is 0.451 e. The summed E-state index contributed by atoms with van der Waals surface area (Å²) in [6, 6.07) is 13.1. The number of Topliss-reactive ketones (excluding diaryl/α,β-unsaturated/α-hetero) is 1. The number of benzene rings is 2. The van der Waals surface area contributed by atoms with Crippen molar-refractivity contribution in [3.63, 3.8) is 0 Å². The molecule has 0 amide bonds. The van der Waals surface area contributed by atoms with Crippen LogP contribution in [-0.4, -0.2) is 25.0 Å². The third kappa shape index (κ3) is 3.58. The van der Waals surface area contributed by atoms with Crippen molar-refractivity contribution in [1.82, 2.24) is 0 Å². The minimum Gasteiger partial charge on any atom is -0.451 e. The molecule has 0 N–H and O–H groups in total. The van der Waals surface area contributed by atoms with Gasteiger partial charge >= 0.3 is 5.97 Å². The molecular weight excluding hydrogens is 356 g/mol. The third-order valence-electron chi connectivity index (χ3n) is 5.09. The zero-order chi connectivity index (χ0) is 19.5. The minimum atomic E-state index is -0.652. The van der Waals surface area contributed by atoms with E-state index in [2.05, 4.69) is 0 Å². The van der Waals surface area contributed by atoms with E-state index in [-0.39, 0.29) is 24.8 Å². The Kier molecular flexibility index (Phi) is 5.26. The Hall–Kier alpha value is -2.92. The van der Waals surface area contributed by atoms with Gasteiger partial charge in [-0.05, 0) is 49.4 Å². The number of aryl methyl sites for hydroxylation is 2. The summed E-state index contributed by atoms with van der Waals surface area (Å²) < 4.78 is 16.4. The van der Waals surface area contributed by atoms with Gasteiger partial charge in [-0.15, -0.1) is 0 Å². The van der Waals surface area contributed by atoms with Crippen LogP contribution in [0.25, 0.3) is 11.0 Å². The van der Waals surface area contributed by atoms with E-state index in [1.54, 1.807) is 6.07 Å². The fourth-order valence-corrected chi connectivity index (χ4v) is 3.64. The van der Waals surface area contributed by atoms with Crippen LogP contribution in [0.5, 0.6) is 0 Å². The molecule has 0 radical (unpaired) electrons. The number of rotatable bonds is 7. The lowest BCUT2D eigenvalue weighted by atomic mass is 10.0. The van der Waals surface area contributed by atoms with E-state index in [0.717, 1.165) is 24.6 Å². The predicted octanol–water partition coefficient (Wildman–Crippen LogP) is 4.50. The van der Waals surface area contributed by atoms with Crippen molar-refractivity contribution in [3.05, 3.63) is 70.5 Å². The molecule has 5 heteroatoms. The molecule has 0 saturated heterocycles. The Morgan fingerprint density at radius 1 is 1.07 bits per heavy atom. The van der Waals surface area contributed by atoms with Crippen molar-refractivity contribution >= 4 is 22.7 Å². The molecule has 1 aliphatic carbocycles. The van der Waals surface area contributed by atoms with Gasteiger partial charge < -0.3 is 13.9 Å². The van der Waals surface area contributed by atoms with Crippen LogP contribution < -0.4 is 0 Å². The van der Waals surface area contributed by atoms with Gasteiger partial charge in [0.25, 0.3) is 0 Å². The van der Waals surface area contributed by atoms with Gasteiger partial charge in [0.05, 0.1) is 6.61 Å². The Morgan fingerprint density at radius 3 is 2.75 bits per heavy atom. The van der Waals surface area contributed by atoms with Crippen LogP contribution in [-0.2, 0) is 28.9 Å². The van der Waals surface area contributed by atoms with Crippen molar-refractivity contribution in [1.29, 1.82) is 0 Å². The first-order valence-corrected chi connectivity index (χ1v) is 9.57. The predicted molar refractivity (Wildman–Crippen MR) is 105 cm³/mol. The quantitative estimate of drug-likeness (QED) is 0.447. The zero-order valence-corrected chi connectivity index (χ0v) is 15.8. The zero-order valence-electron chi connectivity index (χ0n) is 15.8. The number of fused-ring (bicyclic) bond motifs is 2. The Balaban J connectivity index is 1.50. The number of hydrogen-bond acceptors (Lipinski definition) is 5. The monoisotopic (exact) mass is 378 g/mol. The number of ketones is 1. The van der Waals surface area contributed by atoms with E-state index in [1.807, 2.05) is 43.3 Å². The minimum absolute atomic E-state index is 0.0939.